The molecule has 0 radical (unpaired) electrons. The lowest BCUT2D eigenvalue weighted by Crippen LogP contribution is -1.98. The van der Waals surface area contributed by atoms with Gasteiger partial charge in [-0.15, -0.1) is 0 Å². The number of benzene rings is 1. The van der Waals surface area contributed by atoms with E-state index in [4.69, 9.17) is 4.74 Å². The summed E-state index contributed by atoms with van der Waals surface area (Å²) in [5.74, 6) is 1.10. The predicted octanol–water partition coefficient (Wildman–Crippen LogP) is 2.45. The molecule has 0 fully saturated rings. The fourth-order valence-corrected chi connectivity index (χ4v) is 1.19. The molecule has 16 heavy (non-hydrogen) atoms. The molecule has 0 bridgehead atoms. The number of rotatable bonds is 3. The standard InChI is InChI=1S/C11H10FN3O/c1-13-10-11(15-7-6-14-10)16-9-4-2-8(12)3-5-9/h2-7H,1H3,(H,13,14). The summed E-state index contributed by atoms with van der Waals surface area (Å²) in [4.78, 5) is 8.06. The molecule has 0 aliphatic heterocycles. The van der Waals surface area contributed by atoms with Crippen LogP contribution < -0.4 is 10.1 Å². The molecule has 4 nitrogen and oxygen atoms in total. The summed E-state index contributed by atoms with van der Waals surface area (Å²) in [6.07, 6.45) is 3.09. The Balaban J connectivity index is 2.23. The Morgan fingerprint density at radius 2 is 1.81 bits per heavy atom. The summed E-state index contributed by atoms with van der Waals surface area (Å²) in [7, 11) is 1.72. The van der Waals surface area contributed by atoms with Crippen LogP contribution in [0.2, 0.25) is 0 Å². The van der Waals surface area contributed by atoms with Gasteiger partial charge in [0.25, 0.3) is 5.88 Å². The quantitative estimate of drug-likeness (QED) is 0.861. The smallest absolute Gasteiger partial charge is 0.262 e. The zero-order valence-corrected chi connectivity index (χ0v) is 8.64. The lowest BCUT2D eigenvalue weighted by Gasteiger charge is -2.07. The Kier molecular flexibility index (Phi) is 2.95. The van der Waals surface area contributed by atoms with Gasteiger partial charge < -0.3 is 10.1 Å². The normalized spacial score (nSPS) is 9.88. The molecule has 1 aromatic carbocycles. The first-order valence-corrected chi connectivity index (χ1v) is 4.72. The van der Waals surface area contributed by atoms with Crippen LogP contribution in [0.4, 0.5) is 10.2 Å². The summed E-state index contributed by atoms with van der Waals surface area (Å²) in [5.41, 5.74) is 0. The first kappa shape index (κ1) is 10.4. The maximum absolute atomic E-state index is 12.7. The highest BCUT2D eigenvalue weighted by molar-refractivity contribution is 5.45. The molecule has 2 rings (SSSR count). The van der Waals surface area contributed by atoms with E-state index < -0.39 is 0 Å². The van der Waals surface area contributed by atoms with Crippen LogP contribution >= 0.6 is 0 Å². The third-order valence-corrected chi connectivity index (χ3v) is 1.93. The number of aromatic nitrogens is 2. The summed E-state index contributed by atoms with van der Waals surface area (Å²) >= 11 is 0. The Morgan fingerprint density at radius 1 is 1.12 bits per heavy atom. The fourth-order valence-electron chi connectivity index (χ4n) is 1.19. The zero-order chi connectivity index (χ0) is 11.4. The van der Waals surface area contributed by atoms with Crippen molar-refractivity contribution in [3.05, 3.63) is 42.5 Å². The monoisotopic (exact) mass is 219 g/mol. The highest BCUT2D eigenvalue weighted by Gasteiger charge is 2.05. The van der Waals surface area contributed by atoms with Crippen molar-refractivity contribution < 1.29 is 9.13 Å². The molecule has 0 atom stereocenters. The molecule has 0 unspecified atom stereocenters. The van der Waals surface area contributed by atoms with Crippen molar-refractivity contribution in [2.45, 2.75) is 0 Å². The van der Waals surface area contributed by atoms with Crippen molar-refractivity contribution in [3.63, 3.8) is 0 Å². The van der Waals surface area contributed by atoms with Crippen molar-refractivity contribution in [1.82, 2.24) is 9.97 Å². The fraction of sp³-hybridized carbons (Fsp3) is 0.0909. The lowest BCUT2D eigenvalue weighted by atomic mass is 10.3. The number of anilines is 1. The second kappa shape index (κ2) is 4.57. The van der Waals surface area contributed by atoms with Gasteiger partial charge in [-0.3, -0.25) is 0 Å². The molecule has 1 N–H and O–H groups in total. The van der Waals surface area contributed by atoms with Gasteiger partial charge in [-0.1, -0.05) is 0 Å². The third kappa shape index (κ3) is 2.25. The molecule has 0 saturated carbocycles. The van der Waals surface area contributed by atoms with E-state index in [1.165, 1.54) is 30.5 Å². The summed E-state index contributed by atoms with van der Waals surface area (Å²) in [5, 5.41) is 2.85. The molecular formula is C11H10FN3O. The molecular weight excluding hydrogens is 209 g/mol. The largest absolute Gasteiger partial charge is 0.436 e. The van der Waals surface area contributed by atoms with E-state index in [1.807, 2.05) is 0 Å². The highest BCUT2D eigenvalue weighted by Crippen LogP contribution is 2.24. The van der Waals surface area contributed by atoms with Crippen LogP contribution in [0, 0.1) is 5.82 Å². The molecule has 0 amide bonds. The van der Waals surface area contributed by atoms with Crippen molar-refractivity contribution >= 4 is 5.82 Å². The number of hydrogen-bond acceptors (Lipinski definition) is 4. The van der Waals surface area contributed by atoms with E-state index in [0.29, 0.717) is 17.4 Å². The molecule has 0 spiro atoms. The number of nitrogens with zero attached hydrogens (tertiary/aromatic N) is 2. The Morgan fingerprint density at radius 3 is 2.50 bits per heavy atom. The Bertz CT molecular complexity index is 473. The number of hydrogen-bond donors (Lipinski definition) is 1. The minimum Gasteiger partial charge on any atom is -0.436 e. The van der Waals surface area contributed by atoms with E-state index >= 15 is 0 Å². The number of nitrogens with one attached hydrogen (secondary N) is 1. The van der Waals surface area contributed by atoms with Gasteiger partial charge in [0, 0.05) is 19.4 Å². The van der Waals surface area contributed by atoms with Gasteiger partial charge in [0.05, 0.1) is 0 Å². The van der Waals surface area contributed by atoms with Gasteiger partial charge in [-0.25, -0.2) is 14.4 Å². The van der Waals surface area contributed by atoms with E-state index in [9.17, 15) is 4.39 Å². The van der Waals surface area contributed by atoms with Crippen LogP contribution in [0.5, 0.6) is 11.6 Å². The first-order chi connectivity index (χ1) is 7.79. The second-order valence-electron chi connectivity index (χ2n) is 3.02. The van der Waals surface area contributed by atoms with Crippen molar-refractivity contribution in [3.8, 4) is 11.6 Å². The van der Waals surface area contributed by atoms with E-state index in [0.717, 1.165) is 0 Å². The minimum atomic E-state index is -0.305. The lowest BCUT2D eigenvalue weighted by molar-refractivity contribution is 0.461. The Hall–Kier alpha value is -2.17. The average molecular weight is 219 g/mol. The van der Waals surface area contributed by atoms with Crippen LogP contribution in [-0.4, -0.2) is 17.0 Å². The first-order valence-electron chi connectivity index (χ1n) is 4.72. The SMILES string of the molecule is CNc1nccnc1Oc1ccc(F)cc1. The maximum atomic E-state index is 12.7. The topological polar surface area (TPSA) is 47.0 Å². The van der Waals surface area contributed by atoms with Crippen LogP contribution in [0.15, 0.2) is 36.7 Å². The molecule has 1 heterocycles. The van der Waals surface area contributed by atoms with E-state index in [1.54, 1.807) is 13.2 Å². The van der Waals surface area contributed by atoms with Crippen LogP contribution in [0.1, 0.15) is 0 Å². The van der Waals surface area contributed by atoms with Gasteiger partial charge in [-0.05, 0) is 24.3 Å². The van der Waals surface area contributed by atoms with Crippen molar-refractivity contribution in [2.75, 3.05) is 12.4 Å². The van der Waals surface area contributed by atoms with Crippen LogP contribution in [0.25, 0.3) is 0 Å². The minimum absolute atomic E-state index is 0.305. The number of halogens is 1. The van der Waals surface area contributed by atoms with Gasteiger partial charge in [-0.2, -0.15) is 0 Å². The van der Waals surface area contributed by atoms with Crippen LogP contribution in [-0.2, 0) is 0 Å². The highest BCUT2D eigenvalue weighted by atomic mass is 19.1. The molecule has 0 aliphatic rings. The van der Waals surface area contributed by atoms with Crippen molar-refractivity contribution in [2.24, 2.45) is 0 Å². The number of ether oxygens (including phenoxy) is 1. The Labute approximate surface area is 92.1 Å². The molecule has 1 aromatic heterocycles. The second-order valence-corrected chi connectivity index (χ2v) is 3.02. The molecule has 2 aromatic rings. The van der Waals surface area contributed by atoms with Gasteiger partial charge in [0.2, 0.25) is 0 Å². The summed E-state index contributed by atoms with van der Waals surface area (Å²) < 4.78 is 18.1. The molecule has 82 valence electrons. The summed E-state index contributed by atoms with van der Waals surface area (Å²) in [6, 6.07) is 5.71. The third-order valence-electron chi connectivity index (χ3n) is 1.93. The molecule has 0 saturated heterocycles. The van der Waals surface area contributed by atoms with Crippen molar-refractivity contribution in [1.29, 1.82) is 0 Å². The average Bonchev–Trinajstić information content (AvgIpc) is 2.33. The van der Waals surface area contributed by atoms with E-state index in [2.05, 4.69) is 15.3 Å². The van der Waals surface area contributed by atoms with Gasteiger partial charge in [0.1, 0.15) is 11.6 Å². The maximum Gasteiger partial charge on any atom is 0.262 e. The van der Waals surface area contributed by atoms with Gasteiger partial charge in [0.15, 0.2) is 5.82 Å². The molecule has 0 aliphatic carbocycles. The molecule has 5 heteroatoms. The van der Waals surface area contributed by atoms with Crippen LogP contribution in [0.3, 0.4) is 0 Å². The predicted molar refractivity (Wildman–Crippen MR) is 58.1 cm³/mol. The zero-order valence-electron chi connectivity index (χ0n) is 8.64. The summed E-state index contributed by atoms with van der Waals surface area (Å²) in [6.45, 7) is 0. The van der Waals surface area contributed by atoms with E-state index in [-0.39, 0.29) is 5.82 Å². The van der Waals surface area contributed by atoms with Gasteiger partial charge >= 0.3 is 0 Å².